The maximum atomic E-state index is 12.1. The molecule has 108 valence electrons. The van der Waals surface area contributed by atoms with Gasteiger partial charge in [0, 0.05) is 22.6 Å². The van der Waals surface area contributed by atoms with Crippen LogP contribution in [-0.2, 0) is 0 Å². The van der Waals surface area contributed by atoms with E-state index in [4.69, 9.17) is 5.11 Å². The van der Waals surface area contributed by atoms with Crippen molar-refractivity contribution in [2.24, 2.45) is 0 Å². The molecule has 7 heteroatoms. The number of aromatic carboxylic acids is 1. The Kier molecular flexibility index (Phi) is 4.23. The van der Waals surface area contributed by atoms with E-state index in [0.717, 1.165) is 0 Å². The number of carbonyl (C=O) groups excluding carboxylic acids is 1. The van der Waals surface area contributed by atoms with Gasteiger partial charge in [0.25, 0.3) is 5.91 Å². The predicted molar refractivity (Wildman–Crippen MR) is 79.7 cm³/mol. The number of pyridine rings is 1. The Balaban J connectivity index is 2.32. The van der Waals surface area contributed by atoms with E-state index in [1.165, 1.54) is 18.3 Å². The summed E-state index contributed by atoms with van der Waals surface area (Å²) in [5.74, 6) is -2.01. The molecule has 1 aromatic heterocycles. The first-order valence-electron chi connectivity index (χ1n) is 5.87. The second-order valence-corrected chi connectivity index (χ2v) is 5.26. The molecule has 21 heavy (non-hydrogen) atoms. The molecular formula is C14H11BrN2O4. The molecule has 0 saturated carbocycles. The van der Waals surface area contributed by atoms with Gasteiger partial charge in [-0.3, -0.25) is 9.78 Å². The van der Waals surface area contributed by atoms with Gasteiger partial charge in [-0.05, 0) is 46.6 Å². The number of carbonyl (C=O) groups is 2. The van der Waals surface area contributed by atoms with Crippen LogP contribution in [-0.4, -0.2) is 27.1 Å². The normalized spacial score (nSPS) is 10.2. The number of amides is 1. The van der Waals surface area contributed by atoms with Crippen molar-refractivity contribution >= 4 is 33.5 Å². The summed E-state index contributed by atoms with van der Waals surface area (Å²) in [6, 6.07) is 4.28. The number of hydrogen-bond donors (Lipinski definition) is 3. The molecule has 2 rings (SSSR count). The van der Waals surface area contributed by atoms with Gasteiger partial charge in [-0.25, -0.2) is 4.79 Å². The van der Waals surface area contributed by atoms with Crippen molar-refractivity contribution in [2.75, 3.05) is 5.32 Å². The molecule has 0 saturated heterocycles. The van der Waals surface area contributed by atoms with Crippen LogP contribution in [0.25, 0.3) is 0 Å². The molecule has 0 aliphatic rings. The van der Waals surface area contributed by atoms with Gasteiger partial charge in [-0.15, -0.1) is 0 Å². The third kappa shape index (κ3) is 3.38. The van der Waals surface area contributed by atoms with E-state index in [0.29, 0.717) is 15.6 Å². The van der Waals surface area contributed by atoms with E-state index in [-0.39, 0.29) is 17.0 Å². The first kappa shape index (κ1) is 15.0. The average Bonchev–Trinajstić information content (AvgIpc) is 2.42. The Bertz CT molecular complexity index is 731. The van der Waals surface area contributed by atoms with Gasteiger partial charge in [0.05, 0.1) is 5.56 Å². The molecule has 0 aliphatic heterocycles. The Labute approximate surface area is 128 Å². The zero-order valence-corrected chi connectivity index (χ0v) is 12.5. The van der Waals surface area contributed by atoms with E-state index >= 15 is 0 Å². The van der Waals surface area contributed by atoms with Crippen LogP contribution >= 0.6 is 15.9 Å². The van der Waals surface area contributed by atoms with Crippen molar-refractivity contribution in [3.8, 4) is 5.75 Å². The lowest BCUT2D eigenvalue weighted by Crippen LogP contribution is -2.13. The number of anilines is 1. The highest BCUT2D eigenvalue weighted by molar-refractivity contribution is 9.10. The van der Waals surface area contributed by atoms with Gasteiger partial charge in [-0.1, -0.05) is 0 Å². The maximum Gasteiger partial charge on any atom is 0.339 e. The van der Waals surface area contributed by atoms with Crippen molar-refractivity contribution in [3.63, 3.8) is 0 Å². The molecule has 0 aliphatic carbocycles. The molecule has 0 bridgehead atoms. The van der Waals surface area contributed by atoms with Crippen LogP contribution in [0.4, 0.5) is 5.69 Å². The summed E-state index contributed by atoms with van der Waals surface area (Å²) in [4.78, 5) is 27.0. The van der Waals surface area contributed by atoms with E-state index in [2.05, 4.69) is 26.2 Å². The van der Waals surface area contributed by atoms with Crippen LogP contribution in [0.1, 0.15) is 26.3 Å². The van der Waals surface area contributed by atoms with E-state index in [1.54, 1.807) is 19.2 Å². The molecule has 3 N–H and O–H groups in total. The smallest absolute Gasteiger partial charge is 0.339 e. The van der Waals surface area contributed by atoms with Crippen molar-refractivity contribution in [2.45, 2.75) is 6.92 Å². The molecular weight excluding hydrogens is 340 g/mol. The number of carboxylic acids is 1. The minimum atomic E-state index is -1.27. The molecule has 0 spiro atoms. The van der Waals surface area contributed by atoms with Gasteiger partial charge in [-0.2, -0.15) is 0 Å². The first-order valence-corrected chi connectivity index (χ1v) is 6.66. The number of hydrogen-bond acceptors (Lipinski definition) is 4. The number of phenols is 1. The Hall–Kier alpha value is -2.41. The van der Waals surface area contributed by atoms with Crippen LogP contribution in [0.5, 0.6) is 5.75 Å². The zero-order valence-electron chi connectivity index (χ0n) is 10.9. The fourth-order valence-electron chi connectivity index (χ4n) is 1.75. The van der Waals surface area contributed by atoms with Gasteiger partial charge >= 0.3 is 5.97 Å². The number of halogens is 1. The lowest BCUT2D eigenvalue weighted by molar-refractivity contribution is 0.0693. The number of nitrogens with zero attached hydrogens (tertiary/aromatic N) is 1. The summed E-state index contributed by atoms with van der Waals surface area (Å²) in [7, 11) is 0. The summed E-state index contributed by atoms with van der Waals surface area (Å²) < 4.78 is 0.656. The third-order valence-corrected chi connectivity index (χ3v) is 3.19. The number of aromatic hydroxyl groups is 1. The molecule has 2 aromatic rings. The molecule has 0 radical (unpaired) electrons. The first-order chi connectivity index (χ1) is 9.88. The van der Waals surface area contributed by atoms with E-state index in [9.17, 15) is 14.7 Å². The van der Waals surface area contributed by atoms with Gasteiger partial charge in [0.1, 0.15) is 11.3 Å². The highest BCUT2D eigenvalue weighted by Crippen LogP contribution is 2.26. The SMILES string of the molecule is Cc1cc(NC(=O)c2cncc(Br)c2)cc(C(=O)O)c1O. The Morgan fingerprint density at radius 2 is 1.95 bits per heavy atom. The van der Waals surface area contributed by atoms with Crippen LogP contribution in [0, 0.1) is 6.92 Å². The summed E-state index contributed by atoms with van der Waals surface area (Å²) in [5.41, 5.74) is 0.704. The lowest BCUT2D eigenvalue weighted by atomic mass is 10.1. The van der Waals surface area contributed by atoms with E-state index in [1.807, 2.05) is 0 Å². The van der Waals surface area contributed by atoms with Gasteiger partial charge < -0.3 is 15.5 Å². The third-order valence-electron chi connectivity index (χ3n) is 2.76. The Morgan fingerprint density at radius 1 is 1.24 bits per heavy atom. The summed E-state index contributed by atoms with van der Waals surface area (Å²) in [5, 5.41) is 21.3. The van der Waals surface area contributed by atoms with Gasteiger partial charge in [0.2, 0.25) is 0 Å². The predicted octanol–water partition coefficient (Wildman–Crippen LogP) is 2.81. The second kappa shape index (κ2) is 5.92. The van der Waals surface area contributed by atoms with Crippen LogP contribution in [0.3, 0.4) is 0 Å². The quantitative estimate of drug-likeness (QED) is 0.739. The fourth-order valence-corrected chi connectivity index (χ4v) is 2.12. The van der Waals surface area contributed by atoms with Crippen LogP contribution in [0.15, 0.2) is 35.1 Å². The largest absolute Gasteiger partial charge is 0.507 e. The number of aromatic nitrogens is 1. The summed E-state index contributed by atoms with van der Waals surface area (Å²) in [6.07, 6.45) is 2.94. The van der Waals surface area contributed by atoms with Crippen LogP contribution in [0.2, 0.25) is 0 Å². The lowest BCUT2D eigenvalue weighted by Gasteiger charge is -2.09. The summed E-state index contributed by atoms with van der Waals surface area (Å²) in [6.45, 7) is 1.55. The average molecular weight is 351 g/mol. The Morgan fingerprint density at radius 3 is 2.57 bits per heavy atom. The number of rotatable bonds is 3. The topological polar surface area (TPSA) is 99.5 Å². The highest BCUT2D eigenvalue weighted by Gasteiger charge is 2.15. The fraction of sp³-hybridized carbons (Fsp3) is 0.0714. The molecule has 1 heterocycles. The molecule has 0 fully saturated rings. The van der Waals surface area contributed by atoms with Crippen molar-refractivity contribution in [1.29, 1.82) is 0 Å². The number of nitrogens with one attached hydrogen (secondary N) is 1. The van der Waals surface area contributed by atoms with E-state index < -0.39 is 11.9 Å². The second-order valence-electron chi connectivity index (χ2n) is 4.34. The minimum Gasteiger partial charge on any atom is -0.507 e. The monoisotopic (exact) mass is 350 g/mol. The molecule has 1 aromatic carbocycles. The van der Waals surface area contributed by atoms with Crippen molar-refractivity contribution in [3.05, 3.63) is 51.8 Å². The summed E-state index contributed by atoms with van der Waals surface area (Å²) >= 11 is 3.21. The molecule has 1 amide bonds. The molecule has 0 unspecified atom stereocenters. The van der Waals surface area contributed by atoms with Crippen molar-refractivity contribution < 1.29 is 19.8 Å². The van der Waals surface area contributed by atoms with Gasteiger partial charge in [0.15, 0.2) is 0 Å². The molecule has 0 atom stereocenters. The number of aryl methyl sites for hydroxylation is 1. The standard InChI is InChI=1S/C14H11BrN2O4/c1-7-2-10(4-11(12(7)18)14(20)21)17-13(19)8-3-9(15)6-16-5-8/h2-6,18H,1H3,(H,17,19)(H,20,21). The highest BCUT2D eigenvalue weighted by atomic mass is 79.9. The zero-order chi connectivity index (χ0) is 15.6. The van der Waals surface area contributed by atoms with Crippen molar-refractivity contribution in [1.82, 2.24) is 4.98 Å². The van der Waals surface area contributed by atoms with Crippen LogP contribution < -0.4 is 5.32 Å². The minimum absolute atomic E-state index is 0.266. The molecule has 6 nitrogen and oxygen atoms in total. The maximum absolute atomic E-state index is 12.1. The number of benzene rings is 1. The number of carboxylic acid groups (broad SMARTS) is 1.